The molecule has 1 aromatic rings. The number of fused-ring (bicyclic) bond motifs is 1. The van der Waals surface area contributed by atoms with E-state index >= 15 is 0 Å². The van der Waals surface area contributed by atoms with Gasteiger partial charge in [-0.15, -0.1) is 0 Å². The van der Waals surface area contributed by atoms with Gasteiger partial charge in [-0.3, -0.25) is 4.79 Å². The van der Waals surface area contributed by atoms with Crippen LogP contribution in [0, 0.1) is 11.8 Å². The second-order valence-corrected chi connectivity index (χ2v) is 7.00. The minimum absolute atomic E-state index is 0.0923. The van der Waals surface area contributed by atoms with Gasteiger partial charge in [0.2, 0.25) is 0 Å². The van der Waals surface area contributed by atoms with Gasteiger partial charge in [-0.05, 0) is 67.3 Å². The van der Waals surface area contributed by atoms with Crippen molar-refractivity contribution in [2.24, 2.45) is 11.8 Å². The zero-order chi connectivity index (χ0) is 14.8. The summed E-state index contributed by atoms with van der Waals surface area (Å²) in [5.41, 5.74) is 3.47. The molecular formula is C18H26N2O. The van der Waals surface area contributed by atoms with E-state index in [0.717, 1.165) is 37.9 Å². The molecule has 2 aliphatic rings. The third kappa shape index (κ3) is 3.46. The first-order valence-corrected chi connectivity index (χ1v) is 8.25. The van der Waals surface area contributed by atoms with Crippen molar-refractivity contribution in [3.8, 4) is 0 Å². The van der Waals surface area contributed by atoms with Crippen molar-refractivity contribution in [1.29, 1.82) is 0 Å². The number of hydrogen-bond acceptors (Lipinski definition) is 2. The maximum atomic E-state index is 12.5. The molecule has 0 spiro atoms. The normalized spacial score (nSPS) is 28.8. The predicted octanol–water partition coefficient (Wildman–Crippen LogP) is 2.89. The average Bonchev–Trinajstić information content (AvgIpc) is 2.45. The highest BCUT2D eigenvalue weighted by molar-refractivity contribution is 5.94. The molecule has 1 amide bonds. The van der Waals surface area contributed by atoms with E-state index in [0.29, 0.717) is 17.9 Å². The molecule has 1 aliphatic heterocycles. The Kier molecular flexibility index (Phi) is 4.29. The van der Waals surface area contributed by atoms with Crippen molar-refractivity contribution < 1.29 is 4.79 Å². The lowest BCUT2D eigenvalue weighted by Gasteiger charge is -2.32. The quantitative estimate of drug-likeness (QED) is 0.877. The molecule has 21 heavy (non-hydrogen) atoms. The van der Waals surface area contributed by atoms with Crippen molar-refractivity contribution in [3.63, 3.8) is 0 Å². The molecule has 1 fully saturated rings. The van der Waals surface area contributed by atoms with Crippen LogP contribution in [-0.2, 0) is 13.0 Å². The van der Waals surface area contributed by atoms with Gasteiger partial charge in [0.1, 0.15) is 0 Å². The van der Waals surface area contributed by atoms with Crippen LogP contribution in [0.2, 0.25) is 0 Å². The molecule has 1 saturated carbocycles. The van der Waals surface area contributed by atoms with Crippen LogP contribution in [0.3, 0.4) is 0 Å². The summed E-state index contributed by atoms with van der Waals surface area (Å²) in [6, 6.07) is 6.50. The summed E-state index contributed by atoms with van der Waals surface area (Å²) in [7, 11) is 0. The summed E-state index contributed by atoms with van der Waals surface area (Å²) in [6.45, 7) is 6.50. The van der Waals surface area contributed by atoms with Crippen LogP contribution < -0.4 is 10.6 Å². The highest BCUT2D eigenvalue weighted by Crippen LogP contribution is 2.28. The Hall–Kier alpha value is -1.35. The lowest BCUT2D eigenvalue weighted by Crippen LogP contribution is -2.40. The second-order valence-electron chi connectivity index (χ2n) is 7.00. The third-order valence-corrected chi connectivity index (χ3v) is 4.87. The second kappa shape index (κ2) is 6.18. The number of amides is 1. The SMILES string of the molecule is CC1CC(C)CC(NC(=O)c2ccc3c(c2)CNCC3)C1. The van der Waals surface area contributed by atoms with E-state index in [9.17, 15) is 4.79 Å². The van der Waals surface area contributed by atoms with E-state index in [1.165, 1.54) is 17.5 Å². The number of hydrogen-bond donors (Lipinski definition) is 2. The van der Waals surface area contributed by atoms with Crippen molar-refractivity contribution in [1.82, 2.24) is 10.6 Å². The van der Waals surface area contributed by atoms with Crippen LogP contribution >= 0.6 is 0 Å². The number of carbonyl (C=O) groups excluding carboxylic acids is 1. The van der Waals surface area contributed by atoms with Crippen molar-refractivity contribution in [3.05, 3.63) is 34.9 Å². The lowest BCUT2D eigenvalue weighted by atomic mass is 9.80. The van der Waals surface area contributed by atoms with Crippen molar-refractivity contribution in [2.45, 2.75) is 52.1 Å². The molecule has 2 atom stereocenters. The Morgan fingerprint density at radius 3 is 2.67 bits per heavy atom. The largest absolute Gasteiger partial charge is 0.349 e. The van der Waals surface area contributed by atoms with E-state index in [4.69, 9.17) is 0 Å². The summed E-state index contributed by atoms with van der Waals surface area (Å²) in [4.78, 5) is 12.5. The molecule has 2 N–H and O–H groups in total. The minimum Gasteiger partial charge on any atom is -0.349 e. The molecule has 1 aliphatic carbocycles. The Bertz CT molecular complexity index is 516. The topological polar surface area (TPSA) is 41.1 Å². The highest BCUT2D eigenvalue weighted by Gasteiger charge is 2.25. The molecule has 1 heterocycles. The van der Waals surface area contributed by atoms with E-state index in [2.05, 4.69) is 36.6 Å². The molecule has 0 aromatic heterocycles. The zero-order valence-corrected chi connectivity index (χ0v) is 13.1. The Morgan fingerprint density at radius 2 is 1.90 bits per heavy atom. The van der Waals surface area contributed by atoms with Gasteiger partial charge in [-0.25, -0.2) is 0 Å². The first kappa shape index (κ1) is 14.6. The molecule has 0 radical (unpaired) electrons. The number of carbonyl (C=O) groups is 1. The van der Waals surface area contributed by atoms with Gasteiger partial charge >= 0.3 is 0 Å². The van der Waals surface area contributed by atoms with Crippen LogP contribution in [-0.4, -0.2) is 18.5 Å². The van der Waals surface area contributed by atoms with E-state index in [1.54, 1.807) is 0 Å². The molecule has 3 heteroatoms. The van der Waals surface area contributed by atoms with Crippen LogP contribution in [0.5, 0.6) is 0 Å². The number of benzene rings is 1. The van der Waals surface area contributed by atoms with Crippen LogP contribution in [0.1, 0.15) is 54.6 Å². The van der Waals surface area contributed by atoms with Gasteiger partial charge in [-0.1, -0.05) is 19.9 Å². The van der Waals surface area contributed by atoms with Gasteiger partial charge in [-0.2, -0.15) is 0 Å². The zero-order valence-electron chi connectivity index (χ0n) is 13.1. The van der Waals surface area contributed by atoms with Crippen LogP contribution in [0.25, 0.3) is 0 Å². The highest BCUT2D eigenvalue weighted by atomic mass is 16.1. The summed E-state index contributed by atoms with van der Waals surface area (Å²) in [5.74, 6) is 1.52. The summed E-state index contributed by atoms with van der Waals surface area (Å²) < 4.78 is 0. The van der Waals surface area contributed by atoms with Crippen molar-refractivity contribution in [2.75, 3.05) is 6.54 Å². The monoisotopic (exact) mass is 286 g/mol. The van der Waals surface area contributed by atoms with Gasteiger partial charge in [0.25, 0.3) is 5.91 Å². The fourth-order valence-corrected chi connectivity index (χ4v) is 3.96. The predicted molar refractivity (Wildman–Crippen MR) is 85.3 cm³/mol. The molecule has 3 nitrogen and oxygen atoms in total. The van der Waals surface area contributed by atoms with Gasteiger partial charge < -0.3 is 10.6 Å². The molecule has 2 unspecified atom stereocenters. The molecule has 114 valence electrons. The summed E-state index contributed by atoms with van der Waals surface area (Å²) in [5, 5.41) is 6.61. The smallest absolute Gasteiger partial charge is 0.251 e. The molecule has 1 aromatic carbocycles. The molecule has 3 rings (SSSR count). The van der Waals surface area contributed by atoms with E-state index in [1.807, 2.05) is 6.07 Å². The molecule has 0 saturated heterocycles. The average molecular weight is 286 g/mol. The standard InChI is InChI=1S/C18H26N2O/c1-12-7-13(2)9-17(8-12)20-18(21)15-4-3-14-5-6-19-11-16(14)10-15/h3-4,10,12-13,17,19H,5-9,11H2,1-2H3,(H,20,21). The fraction of sp³-hybridized carbons (Fsp3) is 0.611. The fourth-order valence-electron chi connectivity index (χ4n) is 3.96. The maximum absolute atomic E-state index is 12.5. The lowest BCUT2D eigenvalue weighted by molar-refractivity contribution is 0.0911. The van der Waals surface area contributed by atoms with Crippen LogP contribution in [0.4, 0.5) is 0 Å². The minimum atomic E-state index is 0.0923. The summed E-state index contributed by atoms with van der Waals surface area (Å²) >= 11 is 0. The third-order valence-electron chi connectivity index (χ3n) is 4.87. The van der Waals surface area contributed by atoms with Crippen molar-refractivity contribution >= 4 is 5.91 Å². The number of nitrogens with one attached hydrogen (secondary N) is 2. The molecule has 0 bridgehead atoms. The van der Waals surface area contributed by atoms with Gasteiger partial charge in [0, 0.05) is 18.2 Å². The van der Waals surface area contributed by atoms with Crippen LogP contribution in [0.15, 0.2) is 18.2 Å². The first-order chi connectivity index (χ1) is 10.1. The van der Waals surface area contributed by atoms with Gasteiger partial charge in [0.05, 0.1) is 0 Å². The molecular weight excluding hydrogens is 260 g/mol. The van der Waals surface area contributed by atoms with E-state index in [-0.39, 0.29) is 5.91 Å². The maximum Gasteiger partial charge on any atom is 0.251 e. The first-order valence-electron chi connectivity index (χ1n) is 8.25. The summed E-state index contributed by atoms with van der Waals surface area (Å²) in [6.07, 6.45) is 4.58. The Morgan fingerprint density at radius 1 is 1.14 bits per heavy atom. The number of rotatable bonds is 2. The van der Waals surface area contributed by atoms with Gasteiger partial charge in [0.15, 0.2) is 0 Å². The van der Waals surface area contributed by atoms with E-state index < -0.39 is 0 Å². The Balaban J connectivity index is 1.67. The Labute approximate surface area is 127 Å².